The molecule has 17 nitrogen and oxygen atoms in total. The summed E-state index contributed by atoms with van der Waals surface area (Å²) in [7, 11) is 2.48. The molecule has 0 saturated heterocycles. The van der Waals surface area contributed by atoms with Crippen molar-refractivity contribution in [2.75, 3.05) is 26.1 Å². The zero-order chi connectivity index (χ0) is 42.5. The fourth-order valence-electron chi connectivity index (χ4n) is 5.51. The summed E-state index contributed by atoms with van der Waals surface area (Å²) in [5, 5.41) is 12.2. The minimum absolute atomic E-state index is 0.0721. The lowest BCUT2D eigenvalue weighted by Gasteiger charge is -2.28. The molecule has 0 saturated carbocycles. The topological polar surface area (TPSA) is 214 Å². The van der Waals surface area contributed by atoms with Gasteiger partial charge in [-0.05, 0) is 65.7 Å². The molecule has 0 fully saturated rings. The van der Waals surface area contributed by atoms with Crippen LogP contribution in [0, 0.1) is 17.8 Å². The van der Waals surface area contributed by atoms with Gasteiger partial charge < -0.3 is 44.6 Å². The zero-order valence-corrected chi connectivity index (χ0v) is 35.7. The van der Waals surface area contributed by atoms with Crippen LogP contribution in [0.3, 0.4) is 0 Å². The normalized spacial score (nSPS) is 15.1. The van der Waals surface area contributed by atoms with E-state index >= 15 is 0 Å². The molecule has 17 heteroatoms. The maximum absolute atomic E-state index is 13.8. The van der Waals surface area contributed by atoms with E-state index in [1.54, 1.807) is 41.5 Å². The number of oxazole rings is 1. The Morgan fingerprint density at radius 2 is 1.46 bits per heavy atom. The Morgan fingerprint density at radius 3 is 2.00 bits per heavy atom. The highest BCUT2D eigenvalue weighted by atomic mass is 16.6. The maximum atomic E-state index is 13.8. The molecule has 0 bridgehead atoms. The van der Waals surface area contributed by atoms with Crippen LogP contribution in [0.4, 0.5) is 15.5 Å². The predicted octanol–water partition coefficient (Wildman–Crippen LogP) is 5.78. The minimum atomic E-state index is -0.931. The van der Waals surface area contributed by atoms with E-state index in [1.165, 1.54) is 31.3 Å². The Balaban J connectivity index is 2.49. The number of alkyl carbamates (subject to hydrolysis) is 1. The number of ether oxygens (including phenoxy) is 4. The molecule has 2 rings (SSSR count). The van der Waals surface area contributed by atoms with Gasteiger partial charge in [-0.15, -0.1) is 0 Å². The number of carbonyl (C=O) groups excluding carboxylic acids is 5. The number of hydrogen-bond acceptors (Lipinski definition) is 14. The number of amides is 2. The Hall–Kier alpha value is -4.67. The molecule has 316 valence electrons. The molecule has 2 heterocycles. The zero-order valence-electron chi connectivity index (χ0n) is 35.7. The van der Waals surface area contributed by atoms with E-state index in [1.807, 2.05) is 41.5 Å². The van der Waals surface area contributed by atoms with Crippen LogP contribution in [0.2, 0.25) is 0 Å². The lowest BCUT2D eigenvalue weighted by Crippen LogP contribution is -2.52. The van der Waals surface area contributed by atoms with E-state index in [2.05, 4.69) is 31.2 Å². The maximum Gasteiger partial charge on any atom is 0.419 e. The Kier molecular flexibility index (Phi) is 17.8. The van der Waals surface area contributed by atoms with Crippen molar-refractivity contribution in [3.63, 3.8) is 0 Å². The number of anilines is 1. The number of esters is 2. The van der Waals surface area contributed by atoms with E-state index in [9.17, 15) is 24.0 Å². The summed E-state index contributed by atoms with van der Waals surface area (Å²) in [6, 6.07) is -2.99. The second-order valence-electron chi connectivity index (χ2n) is 16.5. The molecule has 0 aliphatic rings. The van der Waals surface area contributed by atoms with Crippen LogP contribution in [-0.4, -0.2) is 94.7 Å². The fraction of sp³-hybridized carbons (Fsp3) is 0.718. The third-order valence-corrected chi connectivity index (χ3v) is 8.80. The summed E-state index contributed by atoms with van der Waals surface area (Å²) >= 11 is 0. The minimum Gasteiger partial charge on any atom is -0.467 e. The van der Waals surface area contributed by atoms with Gasteiger partial charge in [-0.1, -0.05) is 54.4 Å². The van der Waals surface area contributed by atoms with Crippen LogP contribution in [0.1, 0.15) is 130 Å². The molecule has 2 aromatic rings. The first kappa shape index (κ1) is 47.5. The molecule has 0 spiro atoms. The second-order valence-corrected chi connectivity index (χ2v) is 16.5. The molecule has 0 aromatic carbocycles. The van der Waals surface area contributed by atoms with Crippen molar-refractivity contribution in [2.45, 2.75) is 144 Å². The van der Waals surface area contributed by atoms with Crippen LogP contribution >= 0.6 is 0 Å². The third kappa shape index (κ3) is 15.1. The quantitative estimate of drug-likeness (QED) is 0.0980. The van der Waals surface area contributed by atoms with Gasteiger partial charge in [0.2, 0.25) is 23.4 Å². The molecule has 0 aliphatic carbocycles. The smallest absolute Gasteiger partial charge is 0.419 e. The lowest BCUT2D eigenvalue weighted by atomic mass is 9.95. The van der Waals surface area contributed by atoms with Gasteiger partial charge in [0.15, 0.2) is 0 Å². The van der Waals surface area contributed by atoms with E-state index in [4.69, 9.17) is 23.4 Å². The first-order valence-electron chi connectivity index (χ1n) is 19.2. The van der Waals surface area contributed by atoms with Crippen molar-refractivity contribution < 1.29 is 47.3 Å². The molecule has 0 aliphatic heterocycles. The number of methoxy groups -OCH3 is 2. The molecule has 2 aromatic heterocycles. The van der Waals surface area contributed by atoms with Gasteiger partial charge >= 0.3 is 24.1 Å². The van der Waals surface area contributed by atoms with Crippen LogP contribution < -0.4 is 21.3 Å². The monoisotopic (exact) mass is 791 g/mol. The molecule has 4 N–H and O–H groups in total. The van der Waals surface area contributed by atoms with Gasteiger partial charge in [0.25, 0.3) is 0 Å². The summed E-state index contributed by atoms with van der Waals surface area (Å²) in [4.78, 5) is 74.0. The van der Waals surface area contributed by atoms with Crippen molar-refractivity contribution in [3.05, 3.63) is 29.8 Å². The number of imidazole rings is 1. The number of carbonyl (C=O) groups is 5. The molecule has 6 unspecified atom stereocenters. The van der Waals surface area contributed by atoms with Gasteiger partial charge in [-0.25, -0.2) is 33.7 Å². The lowest BCUT2D eigenvalue weighted by molar-refractivity contribution is -0.146. The number of rotatable bonds is 19. The molecule has 2 amide bonds. The van der Waals surface area contributed by atoms with Crippen LogP contribution in [0.25, 0.3) is 0 Å². The van der Waals surface area contributed by atoms with Crippen molar-refractivity contribution in [1.82, 2.24) is 30.5 Å². The fourth-order valence-corrected chi connectivity index (χ4v) is 5.51. The number of nitrogens with one attached hydrogen (secondary N) is 4. The van der Waals surface area contributed by atoms with Gasteiger partial charge in [0, 0.05) is 19.2 Å². The molecular formula is C39H65N7O10. The summed E-state index contributed by atoms with van der Waals surface area (Å²) < 4.78 is 28.5. The first-order valence-corrected chi connectivity index (χ1v) is 19.2. The SMILES string of the molecule is CCC(C)C(Nc1oc(C(CC(C)C)NCC(Cc2cn(C(=O)OC(C)(C)C)cn2)NC(=O)OC(C)(C)C)nc1C(=O)OC)C(=O)NC(C(=O)OC)C(C)CC. The van der Waals surface area contributed by atoms with Gasteiger partial charge in [-0.3, -0.25) is 4.79 Å². The summed E-state index contributed by atoms with van der Waals surface area (Å²) in [6.45, 7) is 22.3. The van der Waals surface area contributed by atoms with Crippen molar-refractivity contribution in [2.24, 2.45) is 17.8 Å². The van der Waals surface area contributed by atoms with Crippen molar-refractivity contribution in [1.29, 1.82) is 0 Å². The van der Waals surface area contributed by atoms with E-state index in [-0.39, 0.29) is 48.2 Å². The molecule has 6 atom stereocenters. The third-order valence-electron chi connectivity index (χ3n) is 8.80. The largest absolute Gasteiger partial charge is 0.467 e. The molecule has 56 heavy (non-hydrogen) atoms. The highest BCUT2D eigenvalue weighted by molar-refractivity contribution is 5.94. The van der Waals surface area contributed by atoms with Crippen LogP contribution in [-0.2, 0) is 35.0 Å². The highest BCUT2D eigenvalue weighted by Gasteiger charge is 2.35. The molecule has 0 radical (unpaired) electrons. The number of nitrogens with zero attached hydrogens (tertiary/aromatic N) is 3. The number of hydrogen-bond donors (Lipinski definition) is 4. The Morgan fingerprint density at radius 1 is 0.857 bits per heavy atom. The molecular weight excluding hydrogens is 726 g/mol. The standard InChI is InChI=1S/C39H65N7O10/c1-15-23(5)28(31(47)43-29(24(6)16-2)34(48)52-13)44-33-30(35(49)53-14)45-32(54-33)27(17-22(3)4)40-19-25(42-36(50)55-38(7,8)9)18-26-20-46(21-41-26)37(51)56-39(10,11)12/h20-25,27-29,40,44H,15-19H2,1-14H3,(H,42,50)(H,43,47). The Labute approximate surface area is 331 Å². The van der Waals surface area contributed by atoms with E-state index < -0.39 is 65.4 Å². The number of aromatic nitrogens is 3. The van der Waals surface area contributed by atoms with Gasteiger partial charge in [0.05, 0.1) is 32.0 Å². The second kappa shape index (κ2) is 21.0. The van der Waals surface area contributed by atoms with Gasteiger partial charge in [-0.2, -0.15) is 0 Å². The average Bonchev–Trinajstić information content (AvgIpc) is 3.75. The summed E-state index contributed by atoms with van der Waals surface area (Å²) in [5.41, 5.74) is -1.12. The highest BCUT2D eigenvalue weighted by Crippen LogP contribution is 2.29. The van der Waals surface area contributed by atoms with E-state index in [0.717, 1.165) is 0 Å². The van der Waals surface area contributed by atoms with Crippen molar-refractivity contribution >= 4 is 35.9 Å². The summed E-state index contributed by atoms with van der Waals surface area (Å²) in [6.07, 6.45) is 3.55. The Bertz CT molecular complexity index is 1610. The summed E-state index contributed by atoms with van der Waals surface area (Å²) in [5.74, 6) is -2.12. The van der Waals surface area contributed by atoms with Crippen LogP contribution in [0.15, 0.2) is 16.9 Å². The van der Waals surface area contributed by atoms with Gasteiger partial charge in [0.1, 0.15) is 29.6 Å². The first-order chi connectivity index (χ1) is 26.0. The van der Waals surface area contributed by atoms with Crippen LogP contribution in [0.5, 0.6) is 0 Å². The van der Waals surface area contributed by atoms with Crippen molar-refractivity contribution in [3.8, 4) is 0 Å². The van der Waals surface area contributed by atoms with E-state index in [0.29, 0.717) is 25.0 Å². The predicted molar refractivity (Wildman–Crippen MR) is 209 cm³/mol. The average molecular weight is 792 g/mol.